The standard InChI is InChI=1S/C21H30N2O2/c1-20(2,3)25-19(24)23(21-11-17(12-21)13-21)18-9-10-22(15-18)14-16-7-5-4-6-8-16/h4-8,17-18H,9-15H2,1-3H3. The molecule has 1 heterocycles. The summed E-state index contributed by atoms with van der Waals surface area (Å²) >= 11 is 0. The second kappa shape index (κ2) is 6.01. The Kier molecular flexibility index (Phi) is 4.06. The maximum Gasteiger partial charge on any atom is 0.411 e. The largest absolute Gasteiger partial charge is 0.444 e. The monoisotopic (exact) mass is 342 g/mol. The summed E-state index contributed by atoms with van der Waals surface area (Å²) in [7, 11) is 0. The van der Waals surface area contributed by atoms with Crippen LogP contribution >= 0.6 is 0 Å². The van der Waals surface area contributed by atoms with Crippen LogP contribution in [0.1, 0.15) is 52.0 Å². The van der Waals surface area contributed by atoms with Crippen LogP contribution < -0.4 is 0 Å². The maximum absolute atomic E-state index is 13.0. The van der Waals surface area contributed by atoms with Crippen molar-refractivity contribution in [3.8, 4) is 0 Å². The number of hydrogen-bond donors (Lipinski definition) is 0. The topological polar surface area (TPSA) is 32.8 Å². The van der Waals surface area contributed by atoms with Crippen molar-refractivity contribution in [1.82, 2.24) is 9.80 Å². The van der Waals surface area contributed by atoms with Gasteiger partial charge in [-0.1, -0.05) is 30.3 Å². The third kappa shape index (κ3) is 3.29. The molecule has 1 amide bonds. The summed E-state index contributed by atoms with van der Waals surface area (Å²) in [6.45, 7) is 8.86. The molecule has 0 aromatic heterocycles. The van der Waals surface area contributed by atoms with Crippen LogP contribution in [-0.2, 0) is 11.3 Å². The third-order valence-electron chi connectivity index (χ3n) is 5.97. The van der Waals surface area contributed by atoms with Crippen molar-refractivity contribution >= 4 is 6.09 Å². The van der Waals surface area contributed by atoms with Gasteiger partial charge < -0.3 is 4.74 Å². The summed E-state index contributed by atoms with van der Waals surface area (Å²) < 4.78 is 5.78. The van der Waals surface area contributed by atoms with Gasteiger partial charge in [0.25, 0.3) is 0 Å². The van der Waals surface area contributed by atoms with E-state index in [1.807, 2.05) is 20.8 Å². The van der Waals surface area contributed by atoms with Crippen LogP contribution in [0.25, 0.3) is 0 Å². The number of carbonyl (C=O) groups excluding carboxylic acids is 1. The smallest absolute Gasteiger partial charge is 0.411 e. The van der Waals surface area contributed by atoms with Gasteiger partial charge >= 0.3 is 6.09 Å². The van der Waals surface area contributed by atoms with Gasteiger partial charge in [-0.05, 0) is 57.9 Å². The molecule has 0 N–H and O–H groups in total. The molecule has 3 aliphatic carbocycles. The molecule has 4 nitrogen and oxygen atoms in total. The molecule has 1 aliphatic heterocycles. The summed E-state index contributed by atoms with van der Waals surface area (Å²) in [5.41, 5.74) is 1.03. The number of benzene rings is 1. The Morgan fingerprint density at radius 3 is 2.48 bits per heavy atom. The second-order valence-electron chi connectivity index (χ2n) is 9.22. The highest BCUT2D eigenvalue weighted by Gasteiger charge is 2.63. The summed E-state index contributed by atoms with van der Waals surface area (Å²) in [6.07, 6.45) is 4.50. The molecule has 1 saturated heterocycles. The second-order valence-corrected chi connectivity index (χ2v) is 9.22. The molecule has 1 aromatic carbocycles. The van der Waals surface area contributed by atoms with Gasteiger partial charge in [0.15, 0.2) is 0 Å². The molecule has 4 fully saturated rings. The molecular formula is C21H30N2O2. The van der Waals surface area contributed by atoms with Crippen LogP contribution in [0.5, 0.6) is 0 Å². The maximum atomic E-state index is 13.0. The third-order valence-corrected chi connectivity index (χ3v) is 5.97. The Bertz CT molecular complexity index is 620. The fourth-order valence-electron chi connectivity index (χ4n) is 4.78. The SMILES string of the molecule is CC(C)(C)OC(=O)N(C1CCN(Cc2ccccc2)C1)C12CC(C1)C2. The first kappa shape index (κ1) is 16.9. The minimum atomic E-state index is -0.429. The number of rotatable bonds is 4. The lowest BCUT2D eigenvalue weighted by Crippen LogP contribution is -2.72. The van der Waals surface area contributed by atoms with Gasteiger partial charge in [0.1, 0.15) is 5.60 Å². The molecule has 25 heavy (non-hydrogen) atoms. The van der Waals surface area contributed by atoms with Gasteiger partial charge in [0, 0.05) is 31.2 Å². The van der Waals surface area contributed by atoms with E-state index in [4.69, 9.17) is 4.74 Å². The van der Waals surface area contributed by atoms with E-state index in [0.29, 0.717) is 6.04 Å². The predicted molar refractivity (Wildman–Crippen MR) is 98.3 cm³/mol. The van der Waals surface area contributed by atoms with E-state index in [9.17, 15) is 4.79 Å². The van der Waals surface area contributed by atoms with Crippen molar-refractivity contribution in [2.24, 2.45) is 5.92 Å². The first-order chi connectivity index (χ1) is 11.8. The van der Waals surface area contributed by atoms with E-state index in [-0.39, 0.29) is 11.6 Å². The summed E-state index contributed by atoms with van der Waals surface area (Å²) in [4.78, 5) is 17.6. The first-order valence-corrected chi connectivity index (χ1v) is 9.63. The van der Waals surface area contributed by atoms with Gasteiger partial charge in [0.2, 0.25) is 0 Å². The van der Waals surface area contributed by atoms with Crippen molar-refractivity contribution in [3.63, 3.8) is 0 Å². The van der Waals surface area contributed by atoms with Crippen LogP contribution in [-0.4, -0.2) is 46.2 Å². The molecule has 4 heteroatoms. The summed E-state index contributed by atoms with van der Waals surface area (Å²) in [5.74, 6) is 0.853. The molecule has 1 aromatic rings. The van der Waals surface area contributed by atoms with E-state index in [2.05, 4.69) is 40.1 Å². The van der Waals surface area contributed by atoms with E-state index < -0.39 is 5.60 Å². The first-order valence-electron chi connectivity index (χ1n) is 9.63. The van der Waals surface area contributed by atoms with Crippen LogP contribution in [0.15, 0.2) is 30.3 Å². The average Bonchev–Trinajstić information content (AvgIpc) is 2.88. The molecule has 1 unspecified atom stereocenters. The Labute approximate surface area is 151 Å². The number of ether oxygens (including phenoxy) is 1. The molecule has 5 rings (SSSR count). The molecule has 0 spiro atoms. The number of amides is 1. The normalized spacial score (nSPS) is 31.2. The van der Waals surface area contributed by atoms with Crippen molar-refractivity contribution in [3.05, 3.63) is 35.9 Å². The number of likely N-dealkylation sites (tertiary alicyclic amines) is 1. The Hall–Kier alpha value is -1.55. The molecule has 4 aliphatic rings. The van der Waals surface area contributed by atoms with Gasteiger partial charge in [-0.15, -0.1) is 0 Å². The lowest BCUT2D eigenvalue weighted by molar-refractivity contribution is -0.150. The number of nitrogens with zero attached hydrogens (tertiary/aromatic N) is 2. The van der Waals surface area contributed by atoms with Crippen molar-refractivity contribution in [2.45, 2.75) is 70.2 Å². The Morgan fingerprint density at radius 2 is 1.92 bits per heavy atom. The zero-order valence-electron chi connectivity index (χ0n) is 15.7. The highest BCUT2D eigenvalue weighted by atomic mass is 16.6. The minimum absolute atomic E-state index is 0.0998. The quantitative estimate of drug-likeness (QED) is 0.827. The molecular weight excluding hydrogens is 312 g/mol. The van der Waals surface area contributed by atoms with Crippen LogP contribution in [0, 0.1) is 5.92 Å². The summed E-state index contributed by atoms with van der Waals surface area (Å²) in [6, 6.07) is 10.9. The lowest BCUT2D eigenvalue weighted by Gasteiger charge is -2.67. The van der Waals surface area contributed by atoms with E-state index in [1.54, 1.807) is 0 Å². The Balaban J connectivity index is 1.44. The average molecular weight is 342 g/mol. The summed E-state index contributed by atoms with van der Waals surface area (Å²) in [5, 5.41) is 0. The van der Waals surface area contributed by atoms with Gasteiger partial charge in [-0.2, -0.15) is 0 Å². The molecule has 2 bridgehead atoms. The number of carbonyl (C=O) groups is 1. The molecule has 136 valence electrons. The van der Waals surface area contributed by atoms with Gasteiger partial charge in [0.05, 0.1) is 0 Å². The highest BCUT2D eigenvalue weighted by molar-refractivity contribution is 5.70. The highest BCUT2D eigenvalue weighted by Crippen LogP contribution is 2.61. The molecule has 3 saturated carbocycles. The zero-order valence-corrected chi connectivity index (χ0v) is 15.7. The fraction of sp³-hybridized carbons (Fsp3) is 0.667. The van der Waals surface area contributed by atoms with E-state index in [1.165, 1.54) is 24.8 Å². The molecule has 0 radical (unpaired) electrons. The lowest BCUT2D eigenvalue weighted by atomic mass is 9.49. The van der Waals surface area contributed by atoms with Crippen LogP contribution in [0.4, 0.5) is 4.79 Å². The van der Waals surface area contributed by atoms with Crippen LogP contribution in [0.2, 0.25) is 0 Å². The predicted octanol–water partition coefficient (Wildman–Crippen LogP) is 4.05. The fourth-order valence-corrected chi connectivity index (χ4v) is 4.78. The number of hydrogen-bond acceptors (Lipinski definition) is 3. The van der Waals surface area contributed by atoms with E-state index in [0.717, 1.165) is 32.0 Å². The molecule has 1 atom stereocenters. The van der Waals surface area contributed by atoms with Crippen molar-refractivity contribution in [1.29, 1.82) is 0 Å². The van der Waals surface area contributed by atoms with E-state index >= 15 is 0 Å². The Morgan fingerprint density at radius 1 is 1.24 bits per heavy atom. The van der Waals surface area contributed by atoms with Gasteiger partial charge in [-0.3, -0.25) is 9.80 Å². The zero-order chi connectivity index (χ0) is 17.7. The minimum Gasteiger partial charge on any atom is -0.444 e. The van der Waals surface area contributed by atoms with Crippen molar-refractivity contribution in [2.75, 3.05) is 13.1 Å². The van der Waals surface area contributed by atoms with Crippen LogP contribution in [0.3, 0.4) is 0 Å². The van der Waals surface area contributed by atoms with Crippen molar-refractivity contribution < 1.29 is 9.53 Å². The van der Waals surface area contributed by atoms with Gasteiger partial charge in [-0.25, -0.2) is 4.79 Å².